The summed E-state index contributed by atoms with van der Waals surface area (Å²) in [7, 11) is 0. The van der Waals surface area contributed by atoms with Crippen LogP contribution in [0.15, 0.2) is 54.6 Å². The molecule has 5 heteroatoms. The number of benzene rings is 2. The minimum Gasteiger partial charge on any atom is -0.455 e. The van der Waals surface area contributed by atoms with Crippen LogP contribution in [-0.2, 0) is 9.59 Å². The van der Waals surface area contributed by atoms with E-state index in [1.165, 1.54) is 6.92 Å². The van der Waals surface area contributed by atoms with E-state index in [0.717, 1.165) is 0 Å². The first kappa shape index (κ1) is 18.5. The van der Waals surface area contributed by atoms with Gasteiger partial charge in [0, 0.05) is 25.9 Å². The van der Waals surface area contributed by atoms with Gasteiger partial charge in [-0.2, -0.15) is 0 Å². The van der Waals surface area contributed by atoms with Crippen LogP contribution in [-0.4, -0.2) is 29.3 Å². The van der Waals surface area contributed by atoms with Gasteiger partial charge >= 0.3 is 0 Å². The fourth-order valence-electron chi connectivity index (χ4n) is 2.49. The van der Waals surface area contributed by atoms with E-state index < -0.39 is 0 Å². The smallest absolute Gasteiger partial charge is 0.226 e. The summed E-state index contributed by atoms with van der Waals surface area (Å²) >= 11 is 0. The van der Waals surface area contributed by atoms with Crippen molar-refractivity contribution in [2.24, 2.45) is 0 Å². The maximum atomic E-state index is 12.3. The predicted octanol–water partition coefficient (Wildman–Crippen LogP) is 4.06. The fraction of sp³-hybridized carbons (Fsp3) is 0.300. The van der Waals surface area contributed by atoms with Gasteiger partial charge in [0.15, 0.2) is 5.75 Å². The number of carbonyl (C=O) groups excluding carboxylic acids is 2. The lowest BCUT2D eigenvalue weighted by molar-refractivity contribution is -0.130. The van der Waals surface area contributed by atoms with Gasteiger partial charge in [-0.3, -0.25) is 9.59 Å². The van der Waals surface area contributed by atoms with Crippen LogP contribution in [0.5, 0.6) is 11.5 Å². The van der Waals surface area contributed by atoms with Gasteiger partial charge in [-0.05, 0) is 38.1 Å². The maximum absolute atomic E-state index is 12.3. The van der Waals surface area contributed by atoms with Gasteiger partial charge in [-0.1, -0.05) is 30.3 Å². The Bertz CT molecular complexity index is 714. The second-order valence-corrected chi connectivity index (χ2v) is 6.02. The lowest BCUT2D eigenvalue weighted by Gasteiger charge is -2.25. The normalized spacial score (nSPS) is 10.4. The number of nitrogens with one attached hydrogen (secondary N) is 1. The molecule has 2 aromatic rings. The standard InChI is InChI=1S/C20H24N2O3/c1-15(2)22(16(3)23)14-13-20(24)21-18-11-7-8-12-19(18)25-17-9-5-4-6-10-17/h4-12,15H,13-14H2,1-3H3,(H,21,24). The minimum absolute atomic E-state index is 0.0318. The molecule has 2 aromatic carbocycles. The third kappa shape index (κ3) is 5.64. The highest BCUT2D eigenvalue weighted by atomic mass is 16.5. The number of para-hydroxylation sites is 3. The van der Waals surface area contributed by atoms with Crippen molar-refractivity contribution in [2.75, 3.05) is 11.9 Å². The molecule has 132 valence electrons. The van der Waals surface area contributed by atoms with Crippen molar-refractivity contribution in [3.63, 3.8) is 0 Å². The summed E-state index contributed by atoms with van der Waals surface area (Å²) in [6.07, 6.45) is 0.234. The van der Waals surface area contributed by atoms with Gasteiger partial charge in [-0.25, -0.2) is 0 Å². The van der Waals surface area contributed by atoms with Crippen LogP contribution in [0.1, 0.15) is 27.2 Å². The first-order valence-electron chi connectivity index (χ1n) is 8.36. The van der Waals surface area contributed by atoms with Crippen molar-refractivity contribution in [3.8, 4) is 11.5 Å². The number of rotatable bonds is 7. The average Bonchev–Trinajstić information content (AvgIpc) is 2.57. The monoisotopic (exact) mass is 340 g/mol. The Hall–Kier alpha value is -2.82. The van der Waals surface area contributed by atoms with E-state index >= 15 is 0 Å². The van der Waals surface area contributed by atoms with E-state index in [2.05, 4.69) is 5.32 Å². The molecule has 0 aliphatic rings. The lowest BCUT2D eigenvalue weighted by Crippen LogP contribution is -2.37. The molecule has 2 rings (SSSR count). The Labute approximate surface area is 148 Å². The van der Waals surface area contributed by atoms with Crippen molar-refractivity contribution < 1.29 is 14.3 Å². The van der Waals surface area contributed by atoms with Gasteiger partial charge in [0.05, 0.1) is 5.69 Å². The van der Waals surface area contributed by atoms with Crippen LogP contribution in [0.2, 0.25) is 0 Å². The summed E-state index contributed by atoms with van der Waals surface area (Å²) in [4.78, 5) is 25.5. The van der Waals surface area contributed by atoms with Gasteiger partial charge in [-0.15, -0.1) is 0 Å². The van der Waals surface area contributed by atoms with Crippen LogP contribution in [0.25, 0.3) is 0 Å². The molecule has 0 aromatic heterocycles. The van der Waals surface area contributed by atoms with Gasteiger partial charge < -0.3 is 15.0 Å². The van der Waals surface area contributed by atoms with E-state index in [1.807, 2.05) is 56.3 Å². The van der Waals surface area contributed by atoms with Crippen molar-refractivity contribution in [3.05, 3.63) is 54.6 Å². The van der Waals surface area contributed by atoms with Crippen molar-refractivity contribution in [2.45, 2.75) is 33.2 Å². The molecule has 1 N–H and O–H groups in total. The fourth-order valence-corrected chi connectivity index (χ4v) is 2.49. The molecule has 0 saturated heterocycles. The molecular formula is C20H24N2O3. The zero-order valence-electron chi connectivity index (χ0n) is 14.9. The second kappa shape index (κ2) is 8.87. The summed E-state index contributed by atoms with van der Waals surface area (Å²) in [5.74, 6) is 1.09. The Morgan fingerprint density at radius 1 is 1.04 bits per heavy atom. The van der Waals surface area contributed by atoms with Crippen molar-refractivity contribution in [1.82, 2.24) is 4.90 Å². The van der Waals surface area contributed by atoms with E-state index in [4.69, 9.17) is 4.74 Å². The highest BCUT2D eigenvalue weighted by Crippen LogP contribution is 2.29. The Kier molecular flexibility index (Phi) is 6.57. The molecule has 2 amide bonds. The Morgan fingerprint density at radius 3 is 2.32 bits per heavy atom. The highest BCUT2D eigenvalue weighted by molar-refractivity contribution is 5.92. The van der Waals surface area contributed by atoms with Gasteiger partial charge in [0.25, 0.3) is 0 Å². The third-order valence-electron chi connectivity index (χ3n) is 3.74. The summed E-state index contributed by atoms with van der Waals surface area (Å²) in [6, 6.07) is 16.7. The first-order valence-corrected chi connectivity index (χ1v) is 8.36. The largest absolute Gasteiger partial charge is 0.455 e. The summed E-state index contributed by atoms with van der Waals surface area (Å²) in [5.41, 5.74) is 0.607. The molecule has 0 unspecified atom stereocenters. The van der Waals surface area contributed by atoms with Crippen LogP contribution < -0.4 is 10.1 Å². The molecule has 0 fully saturated rings. The van der Waals surface area contributed by atoms with E-state index in [0.29, 0.717) is 23.7 Å². The number of ether oxygens (including phenoxy) is 1. The molecule has 0 aliphatic heterocycles. The van der Waals surface area contributed by atoms with Gasteiger partial charge in [0.2, 0.25) is 11.8 Å². The lowest BCUT2D eigenvalue weighted by atomic mass is 10.2. The number of hydrogen-bond acceptors (Lipinski definition) is 3. The molecular weight excluding hydrogens is 316 g/mol. The molecule has 0 bridgehead atoms. The average molecular weight is 340 g/mol. The van der Waals surface area contributed by atoms with Crippen LogP contribution in [0.3, 0.4) is 0 Å². The third-order valence-corrected chi connectivity index (χ3v) is 3.74. The molecule has 0 radical (unpaired) electrons. The molecule has 25 heavy (non-hydrogen) atoms. The summed E-state index contributed by atoms with van der Waals surface area (Å²) < 4.78 is 5.83. The number of nitrogens with zero attached hydrogens (tertiary/aromatic N) is 1. The number of anilines is 1. The van der Waals surface area contributed by atoms with Gasteiger partial charge in [0.1, 0.15) is 5.75 Å². The van der Waals surface area contributed by atoms with Crippen molar-refractivity contribution in [1.29, 1.82) is 0 Å². The molecule has 5 nitrogen and oxygen atoms in total. The first-order chi connectivity index (χ1) is 12.0. The van der Waals surface area contributed by atoms with Crippen molar-refractivity contribution >= 4 is 17.5 Å². The topological polar surface area (TPSA) is 58.6 Å². The quantitative estimate of drug-likeness (QED) is 0.827. The van der Waals surface area contributed by atoms with Crippen LogP contribution >= 0.6 is 0 Å². The second-order valence-electron chi connectivity index (χ2n) is 6.02. The highest BCUT2D eigenvalue weighted by Gasteiger charge is 2.15. The van der Waals surface area contributed by atoms with E-state index in [1.54, 1.807) is 17.0 Å². The van der Waals surface area contributed by atoms with E-state index in [-0.39, 0.29) is 24.3 Å². The van der Waals surface area contributed by atoms with Crippen LogP contribution in [0.4, 0.5) is 5.69 Å². The Morgan fingerprint density at radius 2 is 1.68 bits per heavy atom. The molecule has 0 saturated carbocycles. The zero-order valence-corrected chi connectivity index (χ0v) is 14.9. The zero-order chi connectivity index (χ0) is 18.2. The molecule has 0 heterocycles. The van der Waals surface area contributed by atoms with E-state index in [9.17, 15) is 9.59 Å². The SMILES string of the molecule is CC(=O)N(CCC(=O)Nc1ccccc1Oc1ccccc1)C(C)C. The number of carbonyl (C=O) groups is 2. The minimum atomic E-state index is -0.156. The van der Waals surface area contributed by atoms with Crippen LogP contribution in [0, 0.1) is 0 Å². The summed E-state index contributed by atoms with van der Waals surface area (Å²) in [6.45, 7) is 5.77. The molecule has 0 atom stereocenters. The predicted molar refractivity (Wildman–Crippen MR) is 98.7 cm³/mol. The molecule has 0 spiro atoms. The molecule has 0 aliphatic carbocycles. The maximum Gasteiger partial charge on any atom is 0.226 e. The Balaban J connectivity index is 2.00. The number of amides is 2. The summed E-state index contributed by atoms with van der Waals surface area (Å²) in [5, 5.41) is 2.86. The number of hydrogen-bond donors (Lipinski definition) is 1.